The van der Waals surface area contributed by atoms with Gasteiger partial charge in [0.25, 0.3) is 0 Å². The van der Waals surface area contributed by atoms with Crippen LogP contribution in [-0.4, -0.2) is 51.8 Å². The molecule has 2 aromatic heterocycles. The predicted octanol–water partition coefficient (Wildman–Crippen LogP) is 2.85. The molecule has 3 aromatic rings. The molecule has 0 saturated heterocycles. The molecule has 3 N–H and O–H groups in total. The molecule has 0 fully saturated rings. The van der Waals surface area contributed by atoms with Crippen molar-refractivity contribution in [3.8, 4) is 17.2 Å². The van der Waals surface area contributed by atoms with Gasteiger partial charge < -0.3 is 5.32 Å². The molecule has 34 heavy (non-hydrogen) atoms. The van der Waals surface area contributed by atoms with Crippen molar-refractivity contribution in [1.82, 2.24) is 29.1 Å². The Morgan fingerprint density at radius 1 is 1.21 bits per heavy atom. The Kier molecular flexibility index (Phi) is 7.62. The zero-order chi connectivity index (χ0) is 25.3. The number of hydrogen-bond acceptors (Lipinski definition) is 8. The molecule has 188 valence electrons. The van der Waals surface area contributed by atoms with Gasteiger partial charge in [0.05, 0.1) is 10.2 Å². The highest BCUT2D eigenvalue weighted by Gasteiger charge is 2.37. The van der Waals surface area contributed by atoms with E-state index in [1.807, 2.05) is 0 Å². The van der Waals surface area contributed by atoms with Crippen LogP contribution < -0.4 is 20.2 Å². The smallest absolute Gasteiger partial charge is 0.364 e. The molecular weight excluding hydrogens is 549 g/mol. The van der Waals surface area contributed by atoms with Gasteiger partial charge in [0.2, 0.25) is 11.6 Å². The zero-order valence-corrected chi connectivity index (χ0v) is 23.3. The Morgan fingerprint density at radius 2 is 1.91 bits per heavy atom. The number of aromatic nitrogens is 4. The van der Waals surface area contributed by atoms with Crippen LogP contribution in [0.4, 0.5) is 10.2 Å². The van der Waals surface area contributed by atoms with Crippen LogP contribution in [0.2, 0.25) is 18.1 Å². The van der Waals surface area contributed by atoms with E-state index in [-0.39, 0.29) is 26.8 Å². The molecule has 0 amide bonds. The van der Waals surface area contributed by atoms with Gasteiger partial charge in [0.1, 0.15) is 14.1 Å². The third kappa shape index (κ3) is 5.89. The second-order valence-corrected chi connectivity index (χ2v) is 18.1. The minimum Gasteiger partial charge on any atom is -0.364 e. The van der Waals surface area contributed by atoms with Gasteiger partial charge in [-0.1, -0.05) is 39.0 Å². The quantitative estimate of drug-likeness (QED) is 0.173. The first-order valence-electron chi connectivity index (χ1n) is 10.4. The molecule has 3 rings (SSSR count). The highest BCUT2D eigenvalue weighted by atomic mass is 79.9. The van der Waals surface area contributed by atoms with Gasteiger partial charge in [-0.15, -0.1) is 0 Å². The van der Waals surface area contributed by atoms with Crippen LogP contribution >= 0.6 is 15.9 Å². The van der Waals surface area contributed by atoms with E-state index in [2.05, 4.69) is 79.7 Å². The number of benzene rings is 1. The Morgan fingerprint density at radius 3 is 2.56 bits per heavy atom. The Hall–Kier alpha value is -2.20. The topological polar surface area (TPSA) is 140 Å². The zero-order valence-electron chi connectivity index (χ0n) is 19.8. The number of halogens is 2. The molecule has 15 heteroatoms. The molecule has 0 aliphatic rings. The second-order valence-electron chi connectivity index (χ2n) is 9.41. The van der Waals surface area contributed by atoms with Gasteiger partial charge in [0.15, 0.2) is 5.69 Å². The first kappa shape index (κ1) is 26.4. The molecule has 0 atom stereocenters. The standard InChI is InChI=1S/C19H29BrFN7O4SSi/c1-19(2,3)34(5,6)27-33(4,30)23-10-9-22-16-15(24-32-25-16)17-26-31-18(29)28(17)12-7-8-14(21)13(20)11-12/h7-8,11,33H,9-10H2,1-6H3,(H,22,25)(H2,23,27,30). The maximum Gasteiger partial charge on any atom is 0.446 e. The molecule has 0 bridgehead atoms. The highest BCUT2D eigenvalue weighted by Crippen LogP contribution is 2.34. The molecule has 0 aliphatic heterocycles. The van der Waals surface area contributed by atoms with Crippen LogP contribution in [0, 0.1) is 5.82 Å². The molecule has 1 aromatic carbocycles. The predicted molar refractivity (Wildman–Crippen MR) is 135 cm³/mol. The summed E-state index contributed by atoms with van der Waals surface area (Å²) in [6.45, 7) is 11.4. The Balaban J connectivity index is 1.71. The van der Waals surface area contributed by atoms with Crippen LogP contribution in [0.3, 0.4) is 0 Å². The summed E-state index contributed by atoms with van der Waals surface area (Å²) in [4.78, 5) is 12.3. The summed E-state index contributed by atoms with van der Waals surface area (Å²) in [5.74, 6) is -1.02. The second kappa shape index (κ2) is 9.81. The lowest BCUT2D eigenvalue weighted by molar-refractivity contribution is 0.309. The van der Waals surface area contributed by atoms with Gasteiger partial charge in [-0.3, -0.25) is 13.1 Å². The fourth-order valence-corrected chi connectivity index (χ4v) is 9.72. The number of hydrogen-bond donors (Lipinski definition) is 4. The van der Waals surface area contributed by atoms with Crippen LogP contribution in [0.5, 0.6) is 0 Å². The molecular formula is C19H29BrFN7O4SSi. The van der Waals surface area contributed by atoms with E-state index >= 15 is 0 Å². The van der Waals surface area contributed by atoms with Crippen molar-refractivity contribution < 1.29 is 17.8 Å². The molecule has 11 nitrogen and oxygen atoms in total. The van der Waals surface area contributed by atoms with Crippen molar-refractivity contribution in [2.75, 3.05) is 24.7 Å². The van der Waals surface area contributed by atoms with Crippen LogP contribution in [0.1, 0.15) is 20.8 Å². The number of nitrogens with one attached hydrogen (secondary N) is 3. The average molecular weight is 579 g/mol. The number of anilines is 1. The van der Waals surface area contributed by atoms with Gasteiger partial charge in [0, 0.05) is 19.3 Å². The summed E-state index contributed by atoms with van der Waals surface area (Å²) >= 11 is 3.10. The van der Waals surface area contributed by atoms with Crippen molar-refractivity contribution in [3.05, 3.63) is 39.0 Å². The minimum atomic E-state index is -2.79. The van der Waals surface area contributed by atoms with Gasteiger partial charge in [-0.25, -0.2) is 23.1 Å². The summed E-state index contributed by atoms with van der Waals surface area (Å²) in [5, 5.41) is 14.5. The monoisotopic (exact) mass is 577 g/mol. The van der Waals surface area contributed by atoms with E-state index in [4.69, 9.17) is 9.15 Å². The van der Waals surface area contributed by atoms with Crippen molar-refractivity contribution in [1.29, 1.82) is 0 Å². The average Bonchev–Trinajstić information content (AvgIpc) is 3.32. The van der Waals surface area contributed by atoms with Crippen LogP contribution in [-0.2, 0) is 10.3 Å². The normalized spacial score (nSPS) is 13.3. The van der Waals surface area contributed by atoms with Crippen molar-refractivity contribution in [2.24, 2.45) is 0 Å². The molecule has 0 unspecified atom stereocenters. The lowest BCUT2D eigenvalue weighted by Crippen LogP contribution is -2.60. The minimum absolute atomic E-state index is 0.0287. The maximum absolute atomic E-state index is 13.6. The first-order valence-corrected chi connectivity index (χ1v) is 16.4. The lowest BCUT2D eigenvalue weighted by Gasteiger charge is -2.41. The van der Waals surface area contributed by atoms with Crippen LogP contribution in [0.15, 0.2) is 36.6 Å². The summed E-state index contributed by atoms with van der Waals surface area (Å²) in [5.41, 5.74) is 0.444. The number of nitrogens with zero attached hydrogens (tertiary/aromatic N) is 4. The third-order valence-corrected chi connectivity index (χ3v) is 14.8. The number of thiol groups is 1. The molecule has 2 heterocycles. The van der Waals surface area contributed by atoms with E-state index in [9.17, 15) is 13.4 Å². The lowest BCUT2D eigenvalue weighted by atomic mass is 10.2. The molecule has 0 saturated carbocycles. The van der Waals surface area contributed by atoms with Gasteiger partial charge in [-0.05, 0) is 59.8 Å². The summed E-state index contributed by atoms with van der Waals surface area (Å²) in [6, 6.07) is 4.02. The summed E-state index contributed by atoms with van der Waals surface area (Å²) in [6.07, 6.45) is 1.67. The molecule has 0 spiro atoms. The summed E-state index contributed by atoms with van der Waals surface area (Å²) in [7, 11) is -4.75. The first-order chi connectivity index (χ1) is 15.7. The van der Waals surface area contributed by atoms with Gasteiger partial charge >= 0.3 is 5.76 Å². The van der Waals surface area contributed by atoms with Crippen LogP contribution in [0.25, 0.3) is 17.2 Å². The van der Waals surface area contributed by atoms with E-state index in [1.54, 1.807) is 6.26 Å². The molecule has 0 radical (unpaired) electrons. The van der Waals surface area contributed by atoms with E-state index in [0.717, 1.165) is 4.57 Å². The largest absolute Gasteiger partial charge is 0.446 e. The van der Waals surface area contributed by atoms with Crippen molar-refractivity contribution in [3.63, 3.8) is 0 Å². The molecule has 0 aliphatic carbocycles. The summed E-state index contributed by atoms with van der Waals surface area (Å²) < 4.78 is 44.0. The van der Waals surface area contributed by atoms with Gasteiger partial charge in [-0.2, -0.15) is 0 Å². The fourth-order valence-electron chi connectivity index (χ4n) is 2.89. The fraction of sp³-hybridized carbons (Fsp3) is 0.474. The highest BCUT2D eigenvalue weighted by molar-refractivity contribution is 9.10. The Labute approximate surface area is 206 Å². The third-order valence-electron chi connectivity index (χ3n) is 5.67. The van der Waals surface area contributed by atoms with E-state index in [0.29, 0.717) is 18.8 Å². The van der Waals surface area contributed by atoms with Crippen molar-refractivity contribution >= 4 is 40.3 Å². The van der Waals surface area contributed by atoms with E-state index in [1.165, 1.54) is 18.2 Å². The van der Waals surface area contributed by atoms with E-state index < -0.39 is 30.1 Å². The number of rotatable bonds is 9. The Bertz CT molecular complexity index is 1270. The maximum atomic E-state index is 13.6. The van der Waals surface area contributed by atoms with Crippen molar-refractivity contribution in [2.45, 2.75) is 38.9 Å². The SMILES string of the molecule is CC(C)(C)[Si](C)(C)N[SH](C)(=O)NCCNc1nonc1-c1noc(=O)n1-c1ccc(F)c(Br)c1.